The number of carbonyl (C=O) groups excluding carboxylic acids is 2. The second-order valence-electron chi connectivity index (χ2n) is 2.70. The van der Waals surface area contributed by atoms with E-state index >= 15 is 0 Å². The number of hydrogen-bond donors (Lipinski definition) is 0. The molecule has 0 fully saturated rings. The normalized spacial score (nSPS) is 10.4. The molecule has 0 aliphatic heterocycles. The summed E-state index contributed by atoms with van der Waals surface area (Å²) in [6.45, 7) is 0. The van der Waals surface area contributed by atoms with Crippen molar-refractivity contribution in [3.8, 4) is 0 Å². The first-order chi connectivity index (χ1) is 6.77. The third kappa shape index (κ3) is 2.82. The first-order valence-electron chi connectivity index (χ1n) is 4.13. The van der Waals surface area contributed by atoms with Crippen LogP contribution >= 0.6 is 11.6 Å². The molecule has 0 amide bonds. The molecule has 0 bridgehead atoms. The van der Waals surface area contributed by atoms with Gasteiger partial charge in [-0.05, 0) is 17.7 Å². The van der Waals surface area contributed by atoms with Crippen molar-refractivity contribution in [3.63, 3.8) is 0 Å². The van der Waals surface area contributed by atoms with Crippen LogP contribution in [0.4, 0.5) is 0 Å². The molecule has 1 aromatic carbocycles. The zero-order valence-electron chi connectivity index (χ0n) is 7.44. The average Bonchev–Trinajstić information content (AvgIpc) is 2.20. The van der Waals surface area contributed by atoms with Gasteiger partial charge < -0.3 is 4.79 Å². The Morgan fingerprint density at radius 3 is 2.64 bits per heavy atom. The molecule has 72 valence electrons. The Morgan fingerprint density at radius 1 is 1.21 bits per heavy atom. The molecule has 1 aromatic rings. The van der Waals surface area contributed by atoms with Gasteiger partial charge in [0.15, 0.2) is 6.29 Å². The van der Waals surface area contributed by atoms with Gasteiger partial charge in [-0.3, -0.25) is 4.79 Å². The van der Waals surface area contributed by atoms with Gasteiger partial charge in [0.05, 0.1) is 0 Å². The molecular formula is C11H9ClO2. The van der Waals surface area contributed by atoms with E-state index in [0.29, 0.717) is 17.0 Å². The molecule has 2 nitrogen and oxygen atoms in total. The minimum atomic E-state index is 0.348. The predicted molar refractivity (Wildman–Crippen MR) is 56.6 cm³/mol. The molecule has 0 spiro atoms. The molecule has 0 saturated carbocycles. The molecule has 0 heterocycles. The molecule has 3 heteroatoms. The minimum absolute atomic E-state index is 0.348. The van der Waals surface area contributed by atoms with E-state index in [4.69, 9.17) is 11.6 Å². The van der Waals surface area contributed by atoms with Crippen molar-refractivity contribution in [1.82, 2.24) is 0 Å². The summed E-state index contributed by atoms with van der Waals surface area (Å²) in [5.74, 6) is 0. The van der Waals surface area contributed by atoms with E-state index in [2.05, 4.69) is 0 Å². The van der Waals surface area contributed by atoms with Gasteiger partial charge in [-0.15, -0.1) is 0 Å². The van der Waals surface area contributed by atoms with E-state index in [0.717, 1.165) is 18.1 Å². The zero-order valence-corrected chi connectivity index (χ0v) is 8.20. The maximum atomic E-state index is 10.7. The first-order valence-corrected chi connectivity index (χ1v) is 4.50. The Labute approximate surface area is 87.2 Å². The Kier molecular flexibility index (Phi) is 4.08. The minimum Gasteiger partial charge on any atom is -0.303 e. The molecule has 0 atom stereocenters. The Bertz CT molecular complexity index is 370. The highest BCUT2D eigenvalue weighted by Crippen LogP contribution is 2.15. The van der Waals surface area contributed by atoms with Crippen LogP contribution in [0.5, 0.6) is 0 Å². The fraction of sp³-hybridized carbons (Fsp3) is 0.0909. The lowest BCUT2D eigenvalue weighted by atomic mass is 10.1. The number of halogens is 1. The van der Waals surface area contributed by atoms with Crippen LogP contribution in [0.2, 0.25) is 5.02 Å². The van der Waals surface area contributed by atoms with Gasteiger partial charge in [-0.2, -0.15) is 0 Å². The van der Waals surface area contributed by atoms with Gasteiger partial charge in [0.2, 0.25) is 0 Å². The monoisotopic (exact) mass is 208 g/mol. The summed E-state index contributed by atoms with van der Waals surface area (Å²) < 4.78 is 0. The van der Waals surface area contributed by atoms with Crippen LogP contribution in [0.15, 0.2) is 24.3 Å². The summed E-state index contributed by atoms with van der Waals surface area (Å²) in [5, 5.41) is 0.527. The van der Waals surface area contributed by atoms with Crippen LogP contribution in [0.25, 0.3) is 6.08 Å². The molecule has 1 rings (SSSR count). The van der Waals surface area contributed by atoms with E-state index in [1.54, 1.807) is 30.4 Å². The summed E-state index contributed by atoms with van der Waals surface area (Å²) in [6.07, 6.45) is 5.32. The summed E-state index contributed by atoms with van der Waals surface area (Å²) in [5.41, 5.74) is 1.30. The molecule has 0 unspecified atom stereocenters. The second-order valence-corrected chi connectivity index (χ2v) is 3.13. The molecular weight excluding hydrogens is 200 g/mol. The number of carbonyl (C=O) groups is 2. The number of allylic oxidation sites excluding steroid dienone is 1. The highest BCUT2D eigenvalue weighted by Gasteiger charge is 1.98. The van der Waals surface area contributed by atoms with Crippen molar-refractivity contribution < 1.29 is 9.59 Å². The number of rotatable bonds is 4. The number of benzene rings is 1. The van der Waals surface area contributed by atoms with Crippen LogP contribution in [-0.4, -0.2) is 12.6 Å². The summed E-state index contributed by atoms with van der Waals surface area (Å²) in [4.78, 5) is 20.7. The van der Waals surface area contributed by atoms with E-state index < -0.39 is 0 Å². The SMILES string of the molecule is O=CCC=Cc1ccc(Cl)cc1C=O. The number of aldehydes is 2. The molecule has 0 saturated heterocycles. The molecule has 0 radical (unpaired) electrons. The lowest BCUT2D eigenvalue weighted by Crippen LogP contribution is -1.85. The third-order valence-corrected chi connectivity index (χ3v) is 1.94. The van der Waals surface area contributed by atoms with Crippen LogP contribution in [0.1, 0.15) is 22.3 Å². The van der Waals surface area contributed by atoms with Crippen molar-refractivity contribution in [3.05, 3.63) is 40.4 Å². The summed E-state index contributed by atoms with van der Waals surface area (Å²) in [7, 11) is 0. The average molecular weight is 209 g/mol. The van der Waals surface area contributed by atoms with Crippen molar-refractivity contribution in [2.75, 3.05) is 0 Å². The molecule has 0 aliphatic carbocycles. The zero-order chi connectivity index (χ0) is 10.4. The Hall–Kier alpha value is -1.41. The van der Waals surface area contributed by atoms with Gasteiger partial charge in [-0.25, -0.2) is 0 Å². The highest BCUT2D eigenvalue weighted by atomic mass is 35.5. The summed E-state index contributed by atoms with van der Waals surface area (Å²) >= 11 is 5.72. The number of hydrogen-bond acceptors (Lipinski definition) is 2. The summed E-state index contributed by atoms with van der Waals surface area (Å²) in [6, 6.07) is 5.04. The van der Waals surface area contributed by atoms with Gasteiger partial charge in [-0.1, -0.05) is 29.8 Å². The van der Waals surface area contributed by atoms with E-state index in [9.17, 15) is 9.59 Å². The van der Waals surface area contributed by atoms with Crippen LogP contribution in [0.3, 0.4) is 0 Å². The van der Waals surface area contributed by atoms with Gasteiger partial charge in [0.25, 0.3) is 0 Å². The Balaban J connectivity index is 2.95. The van der Waals surface area contributed by atoms with E-state index in [1.807, 2.05) is 0 Å². The molecule has 0 aliphatic rings. The largest absolute Gasteiger partial charge is 0.303 e. The first kappa shape index (κ1) is 10.7. The topological polar surface area (TPSA) is 34.1 Å². The van der Waals surface area contributed by atoms with Crippen LogP contribution < -0.4 is 0 Å². The van der Waals surface area contributed by atoms with Gasteiger partial charge in [0, 0.05) is 17.0 Å². The van der Waals surface area contributed by atoms with Crippen molar-refractivity contribution in [2.45, 2.75) is 6.42 Å². The van der Waals surface area contributed by atoms with Crippen molar-refractivity contribution in [2.24, 2.45) is 0 Å². The fourth-order valence-electron chi connectivity index (χ4n) is 1.05. The van der Waals surface area contributed by atoms with E-state index in [1.165, 1.54) is 0 Å². The second kappa shape index (κ2) is 5.35. The quantitative estimate of drug-likeness (QED) is 0.713. The van der Waals surface area contributed by atoms with Crippen molar-refractivity contribution in [1.29, 1.82) is 0 Å². The highest BCUT2D eigenvalue weighted by molar-refractivity contribution is 6.30. The lowest BCUT2D eigenvalue weighted by molar-refractivity contribution is -0.107. The standard InChI is InChI=1S/C11H9ClO2/c12-11-5-4-9(3-1-2-6-13)10(7-11)8-14/h1,3-8H,2H2. The van der Waals surface area contributed by atoms with Crippen LogP contribution in [0, 0.1) is 0 Å². The smallest absolute Gasteiger partial charge is 0.150 e. The Morgan fingerprint density at radius 2 is 2.00 bits per heavy atom. The lowest BCUT2D eigenvalue weighted by Gasteiger charge is -1.98. The predicted octanol–water partition coefficient (Wildman–Crippen LogP) is 2.75. The molecule has 14 heavy (non-hydrogen) atoms. The van der Waals surface area contributed by atoms with Gasteiger partial charge in [0.1, 0.15) is 6.29 Å². The maximum absolute atomic E-state index is 10.7. The van der Waals surface area contributed by atoms with Crippen molar-refractivity contribution >= 4 is 30.2 Å². The van der Waals surface area contributed by atoms with Crippen LogP contribution in [-0.2, 0) is 4.79 Å². The fourth-order valence-corrected chi connectivity index (χ4v) is 1.23. The molecule has 0 aromatic heterocycles. The molecule has 0 N–H and O–H groups in total. The van der Waals surface area contributed by atoms with E-state index in [-0.39, 0.29) is 0 Å². The maximum Gasteiger partial charge on any atom is 0.150 e. The van der Waals surface area contributed by atoms with Gasteiger partial charge >= 0.3 is 0 Å². The third-order valence-electron chi connectivity index (χ3n) is 1.71.